The average molecular weight is 279 g/mol. The van der Waals surface area contributed by atoms with Gasteiger partial charge in [0, 0.05) is 0 Å². The molecule has 0 aliphatic carbocycles. The predicted octanol–water partition coefficient (Wildman–Crippen LogP) is 2.17. The van der Waals surface area contributed by atoms with Crippen LogP contribution in [0.5, 0.6) is 0 Å². The first-order valence-electron chi connectivity index (χ1n) is 4.62. The van der Waals surface area contributed by atoms with Crippen molar-refractivity contribution >= 4 is 34.5 Å². The van der Waals surface area contributed by atoms with Gasteiger partial charge in [-0.2, -0.15) is 13.2 Å². The molecule has 0 atom stereocenters. The highest BCUT2D eigenvalue weighted by Gasteiger charge is 2.34. The van der Waals surface area contributed by atoms with Crippen molar-refractivity contribution in [3.05, 3.63) is 28.4 Å². The maximum absolute atomic E-state index is 12.4. The Morgan fingerprint density at radius 1 is 1.00 bits per heavy atom. The molecule has 3 N–H and O–H groups in total. The second-order valence-corrected chi connectivity index (χ2v) is 3.58. The smallest absolute Gasteiger partial charge is 0.334 e. The Morgan fingerprint density at radius 3 is 2.22 bits per heavy atom. The second-order valence-electron chi connectivity index (χ2n) is 3.58. The molecule has 3 aromatic rings. The van der Waals surface area contributed by atoms with E-state index in [1.54, 1.807) is 0 Å². The quantitative estimate of drug-likeness (QED) is 0.589. The minimum Gasteiger partial charge on any atom is -0.334 e. The molecule has 0 aliphatic heterocycles. The van der Waals surface area contributed by atoms with Gasteiger partial charge < -0.3 is 15.0 Å². The highest BCUT2D eigenvalue weighted by Crippen LogP contribution is 2.29. The van der Waals surface area contributed by atoms with Crippen molar-refractivity contribution in [3.63, 3.8) is 0 Å². The van der Waals surface area contributed by atoms with E-state index < -0.39 is 17.7 Å². The SMILES string of the molecule is Cl.O=c1[nH]c2cc3nc(C(F)(F)F)[nH]c3cc2[nH]1. The number of halogens is 4. The molecule has 3 rings (SSSR count). The zero-order valence-electron chi connectivity index (χ0n) is 8.55. The Morgan fingerprint density at radius 2 is 1.61 bits per heavy atom. The lowest BCUT2D eigenvalue weighted by Crippen LogP contribution is -2.06. The van der Waals surface area contributed by atoms with Crippen LogP contribution in [0.25, 0.3) is 22.1 Å². The molecule has 0 fully saturated rings. The molecule has 0 unspecified atom stereocenters. The van der Waals surface area contributed by atoms with Gasteiger partial charge in [-0.25, -0.2) is 9.78 Å². The third kappa shape index (κ3) is 1.84. The normalized spacial score (nSPS) is 11.9. The molecule has 0 spiro atoms. The zero-order valence-corrected chi connectivity index (χ0v) is 9.37. The van der Waals surface area contributed by atoms with Crippen LogP contribution in [-0.2, 0) is 6.18 Å². The number of fused-ring (bicyclic) bond motifs is 2. The molecule has 5 nitrogen and oxygen atoms in total. The van der Waals surface area contributed by atoms with Crippen LogP contribution < -0.4 is 5.69 Å². The fraction of sp³-hybridized carbons (Fsp3) is 0.111. The molecule has 0 bridgehead atoms. The summed E-state index contributed by atoms with van der Waals surface area (Å²) < 4.78 is 37.2. The largest absolute Gasteiger partial charge is 0.449 e. The number of hydrogen-bond donors (Lipinski definition) is 3. The van der Waals surface area contributed by atoms with Crippen LogP contribution >= 0.6 is 12.4 Å². The van der Waals surface area contributed by atoms with Crippen molar-refractivity contribution in [2.24, 2.45) is 0 Å². The van der Waals surface area contributed by atoms with Crippen molar-refractivity contribution in [2.75, 3.05) is 0 Å². The van der Waals surface area contributed by atoms with E-state index in [1.807, 2.05) is 0 Å². The predicted molar refractivity (Wildman–Crippen MR) is 60.8 cm³/mol. The van der Waals surface area contributed by atoms with Gasteiger partial charge in [-0.1, -0.05) is 0 Å². The molecule has 0 saturated carbocycles. The van der Waals surface area contributed by atoms with E-state index in [0.717, 1.165) is 0 Å². The summed E-state index contributed by atoms with van der Waals surface area (Å²) in [6, 6.07) is 2.79. The van der Waals surface area contributed by atoms with Crippen LogP contribution in [0.2, 0.25) is 0 Å². The van der Waals surface area contributed by atoms with E-state index in [-0.39, 0.29) is 23.4 Å². The molecule has 18 heavy (non-hydrogen) atoms. The third-order valence-corrected chi connectivity index (χ3v) is 2.39. The highest BCUT2D eigenvalue weighted by atomic mass is 35.5. The maximum Gasteiger partial charge on any atom is 0.449 e. The van der Waals surface area contributed by atoms with Crippen molar-refractivity contribution in [2.45, 2.75) is 6.18 Å². The number of rotatable bonds is 0. The van der Waals surface area contributed by atoms with E-state index in [0.29, 0.717) is 11.0 Å². The molecule has 1 aromatic carbocycles. The Hall–Kier alpha value is -1.96. The Bertz CT molecular complexity index is 715. The van der Waals surface area contributed by atoms with Gasteiger partial charge in [0.2, 0.25) is 5.82 Å². The molecule has 96 valence electrons. The van der Waals surface area contributed by atoms with E-state index >= 15 is 0 Å². The topological polar surface area (TPSA) is 77.3 Å². The number of alkyl halides is 3. The molecule has 9 heteroatoms. The van der Waals surface area contributed by atoms with Gasteiger partial charge in [0.1, 0.15) is 0 Å². The molecule has 0 saturated heterocycles. The molecular weight excluding hydrogens is 273 g/mol. The van der Waals surface area contributed by atoms with Gasteiger partial charge in [0.15, 0.2) is 0 Å². The van der Waals surface area contributed by atoms with E-state index in [2.05, 4.69) is 19.9 Å². The number of aromatic nitrogens is 4. The van der Waals surface area contributed by atoms with Crippen LogP contribution in [0.15, 0.2) is 16.9 Å². The first-order chi connectivity index (χ1) is 7.93. The van der Waals surface area contributed by atoms with Crippen molar-refractivity contribution in [1.82, 2.24) is 19.9 Å². The van der Waals surface area contributed by atoms with Crippen LogP contribution in [0.1, 0.15) is 5.82 Å². The summed E-state index contributed by atoms with van der Waals surface area (Å²) >= 11 is 0. The third-order valence-electron chi connectivity index (χ3n) is 2.39. The van der Waals surface area contributed by atoms with Gasteiger partial charge in [0.25, 0.3) is 0 Å². The van der Waals surface area contributed by atoms with Crippen molar-refractivity contribution < 1.29 is 13.2 Å². The fourth-order valence-electron chi connectivity index (χ4n) is 1.67. The van der Waals surface area contributed by atoms with Gasteiger partial charge in [0.05, 0.1) is 22.1 Å². The molecule has 2 heterocycles. The highest BCUT2D eigenvalue weighted by molar-refractivity contribution is 5.91. The van der Waals surface area contributed by atoms with Gasteiger partial charge in [-0.05, 0) is 12.1 Å². The lowest BCUT2D eigenvalue weighted by atomic mass is 10.3. The summed E-state index contributed by atoms with van der Waals surface area (Å²) in [5.41, 5.74) is 0.812. The van der Waals surface area contributed by atoms with Crippen molar-refractivity contribution in [1.29, 1.82) is 0 Å². The van der Waals surface area contributed by atoms with Crippen LogP contribution in [0.4, 0.5) is 13.2 Å². The minimum absolute atomic E-state index is 0. The summed E-state index contributed by atoms with van der Waals surface area (Å²) in [6.07, 6.45) is -4.51. The second kappa shape index (κ2) is 3.77. The average Bonchev–Trinajstić information content (AvgIpc) is 2.73. The Balaban J connectivity index is 0.00000120. The number of benzene rings is 1. The number of imidazole rings is 2. The standard InChI is InChI=1S/C9H5F3N4O.ClH/c10-9(11,12)7-13-3-1-5-6(2-4(3)14-7)16-8(17)15-5;/h1-2H,(H,13,14)(H2,15,16,17);1H. The first kappa shape index (κ1) is 12.5. The Kier molecular flexibility index (Phi) is 2.62. The number of nitrogens with one attached hydrogen (secondary N) is 3. The monoisotopic (exact) mass is 278 g/mol. The zero-order chi connectivity index (χ0) is 12.2. The molecule has 0 amide bonds. The van der Waals surface area contributed by atoms with Gasteiger partial charge in [-0.3, -0.25) is 0 Å². The van der Waals surface area contributed by atoms with Gasteiger partial charge >= 0.3 is 11.9 Å². The first-order valence-corrected chi connectivity index (χ1v) is 4.62. The summed E-state index contributed by atoms with van der Waals surface area (Å²) in [7, 11) is 0. The van der Waals surface area contributed by atoms with E-state index in [9.17, 15) is 18.0 Å². The summed E-state index contributed by atoms with van der Waals surface area (Å²) in [5.74, 6) is -1.05. The summed E-state index contributed by atoms with van der Waals surface area (Å²) in [6.45, 7) is 0. The summed E-state index contributed by atoms with van der Waals surface area (Å²) in [4.78, 5) is 21.5. The van der Waals surface area contributed by atoms with E-state index in [1.165, 1.54) is 12.1 Å². The Labute approximate surface area is 103 Å². The lowest BCUT2D eigenvalue weighted by molar-refractivity contribution is -0.144. The number of H-pyrrole nitrogens is 3. The molecular formula is C9H6ClF3N4O. The van der Waals surface area contributed by atoms with Gasteiger partial charge in [-0.15, -0.1) is 12.4 Å². The van der Waals surface area contributed by atoms with Crippen LogP contribution in [0, 0.1) is 0 Å². The molecule has 0 aliphatic rings. The number of aromatic amines is 3. The maximum atomic E-state index is 12.4. The fourth-order valence-corrected chi connectivity index (χ4v) is 1.67. The minimum atomic E-state index is -4.51. The molecule has 0 radical (unpaired) electrons. The lowest BCUT2D eigenvalue weighted by Gasteiger charge is -1.98. The van der Waals surface area contributed by atoms with Crippen LogP contribution in [0.3, 0.4) is 0 Å². The van der Waals surface area contributed by atoms with Crippen molar-refractivity contribution in [3.8, 4) is 0 Å². The number of hydrogen-bond acceptors (Lipinski definition) is 2. The molecule has 2 aromatic heterocycles. The van der Waals surface area contributed by atoms with Crippen LogP contribution in [-0.4, -0.2) is 19.9 Å². The van der Waals surface area contributed by atoms with E-state index in [4.69, 9.17) is 0 Å². The summed E-state index contributed by atoms with van der Waals surface area (Å²) in [5, 5.41) is 0. The number of nitrogens with zero attached hydrogens (tertiary/aromatic N) is 1.